The number of nitrogens with zero attached hydrogens (tertiary/aromatic N) is 5. The maximum atomic E-state index is 12.3. The van der Waals surface area contributed by atoms with Gasteiger partial charge in [0.25, 0.3) is 0 Å². The molecule has 1 aromatic carbocycles. The van der Waals surface area contributed by atoms with E-state index in [9.17, 15) is 4.79 Å². The van der Waals surface area contributed by atoms with Crippen molar-refractivity contribution in [2.24, 2.45) is 0 Å². The molecule has 0 aliphatic carbocycles. The second kappa shape index (κ2) is 8.03. The Morgan fingerprint density at radius 2 is 1.90 bits per heavy atom. The van der Waals surface area contributed by atoms with E-state index >= 15 is 0 Å². The fraction of sp³-hybridized carbons (Fsp3) is 0.368. The van der Waals surface area contributed by atoms with Crippen molar-refractivity contribution in [3.8, 4) is 11.1 Å². The smallest absolute Gasteiger partial charge is 0.240 e. The Labute approximate surface area is 173 Å². The number of piperidine rings is 1. The minimum atomic E-state index is -1.57. The number of anilines is 1. The Hall–Kier alpha value is -2.61. The third-order valence-electron chi connectivity index (χ3n) is 4.96. The van der Waals surface area contributed by atoms with Crippen molar-refractivity contribution in [3.63, 3.8) is 0 Å². The summed E-state index contributed by atoms with van der Waals surface area (Å²) in [6, 6.07) is 5.72. The lowest BCUT2D eigenvalue weighted by Crippen LogP contribution is -2.37. The topological polar surface area (TPSA) is 75.9 Å². The van der Waals surface area contributed by atoms with Gasteiger partial charge < -0.3 is 0 Å². The lowest BCUT2D eigenvalue weighted by Gasteiger charge is -2.25. The SMILES string of the molecule is [B]C([B])([B])n1cc(-c2ccc3cnc(NC(=O)CN4CCCCC4)nc3c2)cn1. The van der Waals surface area contributed by atoms with Gasteiger partial charge in [0, 0.05) is 23.3 Å². The first kappa shape index (κ1) is 19.7. The first-order valence-corrected chi connectivity index (χ1v) is 9.60. The Kier molecular flexibility index (Phi) is 5.45. The minimum Gasteiger partial charge on any atom is -0.295 e. The number of rotatable bonds is 5. The van der Waals surface area contributed by atoms with E-state index in [4.69, 9.17) is 23.5 Å². The maximum absolute atomic E-state index is 12.3. The van der Waals surface area contributed by atoms with Gasteiger partial charge in [-0.3, -0.25) is 19.7 Å². The molecule has 7 nitrogen and oxygen atoms in total. The van der Waals surface area contributed by atoms with E-state index in [0.29, 0.717) is 12.1 Å². The molecule has 1 N–H and O–H groups in total. The first-order chi connectivity index (χ1) is 13.9. The number of fused-ring (bicyclic) bond motifs is 1. The van der Waals surface area contributed by atoms with E-state index in [2.05, 4.69) is 25.3 Å². The Morgan fingerprint density at radius 3 is 2.62 bits per heavy atom. The molecule has 3 heterocycles. The first-order valence-electron chi connectivity index (χ1n) is 9.60. The molecule has 1 aliphatic rings. The zero-order valence-corrected chi connectivity index (χ0v) is 16.1. The van der Waals surface area contributed by atoms with Gasteiger partial charge in [-0.2, -0.15) is 5.10 Å². The maximum Gasteiger partial charge on any atom is 0.240 e. The number of likely N-dealkylation sites (tertiary alicyclic amines) is 1. The van der Waals surface area contributed by atoms with E-state index < -0.39 is 5.24 Å². The molecule has 140 valence electrons. The van der Waals surface area contributed by atoms with Crippen LogP contribution in [0.5, 0.6) is 0 Å². The van der Waals surface area contributed by atoms with Crippen molar-refractivity contribution in [1.29, 1.82) is 0 Å². The standard InChI is InChI=1S/C19H19B3N6O/c20-19(21,22)28-11-15(10-24-28)13-4-5-14-9-23-18(25-16(14)8-13)26-17(29)12-27-6-2-1-3-7-27/h4-5,8-11H,1-3,6-7,12H2,(H,23,25,26,29). The highest BCUT2D eigenvalue weighted by Crippen LogP contribution is 2.24. The van der Waals surface area contributed by atoms with Crippen LogP contribution in [0.4, 0.5) is 5.95 Å². The highest BCUT2D eigenvalue weighted by atomic mass is 16.2. The molecule has 0 unspecified atom stereocenters. The number of carbonyl (C=O) groups is 1. The molecule has 0 bridgehead atoms. The fourth-order valence-corrected chi connectivity index (χ4v) is 3.43. The van der Waals surface area contributed by atoms with E-state index in [1.165, 1.54) is 11.1 Å². The van der Waals surface area contributed by atoms with Crippen molar-refractivity contribution >= 4 is 46.3 Å². The summed E-state index contributed by atoms with van der Waals surface area (Å²) in [5.74, 6) is 0.186. The van der Waals surface area contributed by atoms with Crippen LogP contribution < -0.4 is 5.32 Å². The van der Waals surface area contributed by atoms with Gasteiger partial charge in [0.2, 0.25) is 11.9 Å². The van der Waals surface area contributed by atoms with Crippen LogP contribution >= 0.6 is 0 Å². The van der Waals surface area contributed by atoms with Crippen LogP contribution in [0.3, 0.4) is 0 Å². The molecule has 0 atom stereocenters. The zero-order chi connectivity index (χ0) is 20.4. The van der Waals surface area contributed by atoms with Crippen LogP contribution in [0.15, 0.2) is 36.8 Å². The molecule has 1 amide bonds. The lowest BCUT2D eigenvalue weighted by molar-refractivity contribution is -0.117. The molecular weight excluding hydrogens is 361 g/mol. The van der Waals surface area contributed by atoms with Gasteiger partial charge in [-0.1, -0.05) is 18.6 Å². The summed E-state index contributed by atoms with van der Waals surface area (Å²) < 4.78 is 1.29. The molecule has 2 aromatic heterocycles. The Bertz CT molecular complexity index is 1030. The van der Waals surface area contributed by atoms with Crippen molar-refractivity contribution < 1.29 is 4.79 Å². The molecular formula is C19H19B3N6O. The number of benzene rings is 1. The van der Waals surface area contributed by atoms with E-state index in [1.54, 1.807) is 18.6 Å². The van der Waals surface area contributed by atoms with Gasteiger partial charge >= 0.3 is 0 Å². The molecule has 1 fully saturated rings. The van der Waals surface area contributed by atoms with Gasteiger partial charge in [0.1, 0.15) is 0 Å². The molecule has 3 aromatic rings. The van der Waals surface area contributed by atoms with Crippen molar-refractivity contribution in [3.05, 3.63) is 36.8 Å². The second-order valence-electron chi connectivity index (χ2n) is 7.41. The van der Waals surface area contributed by atoms with Gasteiger partial charge in [0.05, 0.1) is 41.8 Å². The van der Waals surface area contributed by atoms with Crippen molar-refractivity contribution in [2.75, 3.05) is 25.0 Å². The van der Waals surface area contributed by atoms with Crippen LogP contribution in [0, 0.1) is 0 Å². The largest absolute Gasteiger partial charge is 0.295 e. The summed E-state index contributed by atoms with van der Waals surface area (Å²) in [6.45, 7) is 2.27. The van der Waals surface area contributed by atoms with Crippen LogP contribution in [-0.2, 0) is 10.0 Å². The highest BCUT2D eigenvalue weighted by Gasteiger charge is 2.16. The normalized spacial score (nSPS) is 15.4. The minimum absolute atomic E-state index is 0.103. The summed E-state index contributed by atoms with van der Waals surface area (Å²) in [5.41, 5.74) is 2.38. The third-order valence-corrected chi connectivity index (χ3v) is 4.96. The lowest BCUT2D eigenvalue weighted by atomic mass is 9.49. The molecule has 29 heavy (non-hydrogen) atoms. The molecule has 10 heteroatoms. The number of aromatic nitrogens is 4. The van der Waals surface area contributed by atoms with Crippen LogP contribution in [0.25, 0.3) is 22.0 Å². The van der Waals surface area contributed by atoms with Crippen LogP contribution in [0.1, 0.15) is 19.3 Å². The van der Waals surface area contributed by atoms with Crippen LogP contribution in [0.2, 0.25) is 0 Å². The molecule has 6 radical (unpaired) electrons. The fourth-order valence-electron chi connectivity index (χ4n) is 3.43. The van der Waals surface area contributed by atoms with Gasteiger partial charge in [-0.15, -0.1) is 0 Å². The zero-order valence-electron chi connectivity index (χ0n) is 16.1. The van der Waals surface area contributed by atoms with Gasteiger partial charge in [-0.25, -0.2) is 9.97 Å². The van der Waals surface area contributed by atoms with Gasteiger partial charge in [-0.05, 0) is 42.8 Å². The number of amides is 1. The Morgan fingerprint density at radius 1 is 1.10 bits per heavy atom. The van der Waals surface area contributed by atoms with E-state index in [-0.39, 0.29) is 11.9 Å². The summed E-state index contributed by atoms with van der Waals surface area (Å²) in [7, 11) is 17.0. The quantitative estimate of drug-likeness (QED) is 0.669. The summed E-state index contributed by atoms with van der Waals surface area (Å²) in [4.78, 5) is 23.2. The third kappa shape index (κ3) is 4.70. The average molecular weight is 380 g/mol. The monoisotopic (exact) mass is 380 g/mol. The average Bonchev–Trinajstić information content (AvgIpc) is 3.19. The molecule has 4 rings (SSSR count). The van der Waals surface area contributed by atoms with E-state index in [0.717, 1.165) is 42.4 Å². The number of carbonyl (C=O) groups excluding carboxylic acids is 1. The van der Waals surface area contributed by atoms with Gasteiger partial charge in [0.15, 0.2) is 0 Å². The van der Waals surface area contributed by atoms with Crippen molar-refractivity contribution in [1.82, 2.24) is 24.6 Å². The summed E-state index contributed by atoms with van der Waals surface area (Å²) in [6.07, 6.45) is 8.50. The molecule has 1 saturated heterocycles. The van der Waals surface area contributed by atoms with Crippen LogP contribution in [-0.4, -0.2) is 73.7 Å². The molecule has 0 spiro atoms. The number of nitrogens with one attached hydrogen (secondary N) is 1. The number of hydrogen-bond acceptors (Lipinski definition) is 5. The molecule has 0 saturated carbocycles. The summed E-state index contributed by atoms with van der Waals surface area (Å²) in [5, 5.41) is 6.19. The van der Waals surface area contributed by atoms with Crippen molar-refractivity contribution in [2.45, 2.75) is 24.5 Å². The van der Waals surface area contributed by atoms with E-state index in [1.807, 2.05) is 18.2 Å². The predicted molar refractivity (Wildman–Crippen MR) is 115 cm³/mol. The second-order valence-corrected chi connectivity index (χ2v) is 7.41. The summed E-state index contributed by atoms with van der Waals surface area (Å²) >= 11 is 0. The predicted octanol–water partition coefficient (Wildman–Crippen LogP) is 0.991. The highest BCUT2D eigenvalue weighted by molar-refractivity contribution is 6.56. The molecule has 1 aliphatic heterocycles. The number of hydrogen-bond donors (Lipinski definition) is 1. The Balaban J connectivity index is 1.52.